The highest BCUT2D eigenvalue weighted by Gasteiger charge is 2.06. The van der Waals surface area contributed by atoms with Crippen LogP contribution in [-0.2, 0) is 6.54 Å². The molecule has 0 fully saturated rings. The first-order valence-corrected chi connectivity index (χ1v) is 6.05. The number of hydrogen-bond acceptors (Lipinski definition) is 6. The zero-order valence-corrected chi connectivity index (χ0v) is 10.1. The quantitative estimate of drug-likeness (QED) is 0.854. The molecule has 0 atom stereocenters. The van der Waals surface area contributed by atoms with Gasteiger partial charge in [-0.1, -0.05) is 0 Å². The fourth-order valence-electron chi connectivity index (χ4n) is 1.23. The van der Waals surface area contributed by atoms with E-state index in [2.05, 4.69) is 25.6 Å². The van der Waals surface area contributed by atoms with Crippen LogP contribution in [-0.4, -0.2) is 21.5 Å². The zero-order valence-electron chi connectivity index (χ0n) is 9.27. The van der Waals surface area contributed by atoms with E-state index in [9.17, 15) is 4.39 Å². The lowest BCUT2D eigenvalue weighted by molar-refractivity contribution is 0.617. The Morgan fingerprint density at radius 2 is 2.24 bits per heavy atom. The Morgan fingerprint density at radius 3 is 2.94 bits per heavy atom. The summed E-state index contributed by atoms with van der Waals surface area (Å²) in [6.07, 6.45) is 2.89. The second-order valence-corrected chi connectivity index (χ2v) is 4.21. The van der Waals surface area contributed by atoms with Crippen LogP contribution in [0.25, 0.3) is 0 Å². The van der Waals surface area contributed by atoms with Crippen molar-refractivity contribution in [3.05, 3.63) is 28.6 Å². The van der Waals surface area contributed by atoms with Gasteiger partial charge in [0.05, 0.1) is 18.3 Å². The van der Waals surface area contributed by atoms with Gasteiger partial charge >= 0.3 is 0 Å². The molecule has 0 aliphatic rings. The van der Waals surface area contributed by atoms with Crippen LogP contribution in [0.3, 0.4) is 0 Å². The molecule has 2 heterocycles. The summed E-state index contributed by atoms with van der Waals surface area (Å²) in [6.45, 7) is 3.13. The summed E-state index contributed by atoms with van der Waals surface area (Å²) in [6, 6.07) is 0. The van der Waals surface area contributed by atoms with Crippen LogP contribution in [0.5, 0.6) is 0 Å². The number of halogens is 1. The van der Waals surface area contributed by atoms with E-state index in [1.165, 1.54) is 11.3 Å². The minimum absolute atomic E-state index is 0.198. The zero-order chi connectivity index (χ0) is 12.1. The largest absolute Gasteiger partial charge is 0.363 e. The van der Waals surface area contributed by atoms with Crippen molar-refractivity contribution in [1.82, 2.24) is 15.0 Å². The number of anilines is 2. The van der Waals surface area contributed by atoms with E-state index >= 15 is 0 Å². The highest BCUT2D eigenvalue weighted by Crippen LogP contribution is 2.14. The summed E-state index contributed by atoms with van der Waals surface area (Å²) >= 11 is 1.51. The Morgan fingerprint density at radius 1 is 1.35 bits per heavy atom. The van der Waals surface area contributed by atoms with Gasteiger partial charge in [0.2, 0.25) is 5.95 Å². The second-order valence-electron chi connectivity index (χ2n) is 3.24. The predicted molar refractivity (Wildman–Crippen MR) is 65.6 cm³/mol. The van der Waals surface area contributed by atoms with Gasteiger partial charge in [-0.3, -0.25) is 4.98 Å². The van der Waals surface area contributed by atoms with Crippen molar-refractivity contribution in [3.8, 4) is 0 Å². The Kier molecular flexibility index (Phi) is 3.81. The second kappa shape index (κ2) is 5.53. The van der Waals surface area contributed by atoms with Crippen LogP contribution >= 0.6 is 11.3 Å². The Balaban J connectivity index is 2.06. The maximum atomic E-state index is 13.4. The van der Waals surface area contributed by atoms with Gasteiger partial charge in [0.25, 0.3) is 0 Å². The van der Waals surface area contributed by atoms with Crippen molar-refractivity contribution in [1.29, 1.82) is 0 Å². The molecule has 0 spiro atoms. The molecule has 0 unspecified atom stereocenters. The highest BCUT2D eigenvalue weighted by molar-refractivity contribution is 7.09. The first-order chi connectivity index (χ1) is 8.29. The van der Waals surface area contributed by atoms with Crippen molar-refractivity contribution >= 4 is 23.1 Å². The van der Waals surface area contributed by atoms with Gasteiger partial charge in [0.15, 0.2) is 11.6 Å². The van der Waals surface area contributed by atoms with Crippen LogP contribution in [0.1, 0.15) is 11.8 Å². The van der Waals surface area contributed by atoms with Crippen molar-refractivity contribution in [2.75, 3.05) is 17.2 Å². The number of aromatic nitrogens is 3. The molecular formula is C10H12FN5S. The molecule has 0 amide bonds. The molecule has 17 heavy (non-hydrogen) atoms. The average Bonchev–Trinajstić information content (AvgIpc) is 2.83. The number of hydrogen-bond donors (Lipinski definition) is 2. The lowest BCUT2D eigenvalue weighted by Crippen LogP contribution is -2.07. The monoisotopic (exact) mass is 253 g/mol. The van der Waals surface area contributed by atoms with Crippen LogP contribution in [0.4, 0.5) is 16.2 Å². The summed E-state index contributed by atoms with van der Waals surface area (Å²) < 4.78 is 13.4. The third kappa shape index (κ3) is 3.10. The lowest BCUT2D eigenvalue weighted by Gasteiger charge is -2.07. The Hall–Kier alpha value is -1.76. The van der Waals surface area contributed by atoms with Gasteiger partial charge in [-0.2, -0.15) is 4.98 Å². The third-order valence-electron chi connectivity index (χ3n) is 1.99. The van der Waals surface area contributed by atoms with Gasteiger partial charge in [-0.05, 0) is 6.92 Å². The molecule has 2 rings (SSSR count). The molecule has 0 saturated heterocycles. The van der Waals surface area contributed by atoms with Crippen LogP contribution < -0.4 is 10.6 Å². The first kappa shape index (κ1) is 11.7. The number of nitrogens with one attached hydrogen (secondary N) is 2. The van der Waals surface area contributed by atoms with E-state index in [0.717, 1.165) is 11.1 Å². The van der Waals surface area contributed by atoms with E-state index < -0.39 is 5.82 Å². The van der Waals surface area contributed by atoms with Crippen molar-refractivity contribution in [3.63, 3.8) is 0 Å². The van der Waals surface area contributed by atoms with Crippen LogP contribution in [0.15, 0.2) is 17.9 Å². The molecule has 0 aliphatic heterocycles. The van der Waals surface area contributed by atoms with Gasteiger partial charge < -0.3 is 10.6 Å². The molecule has 7 heteroatoms. The van der Waals surface area contributed by atoms with Crippen molar-refractivity contribution in [2.24, 2.45) is 0 Å². The van der Waals surface area contributed by atoms with Crippen molar-refractivity contribution < 1.29 is 4.39 Å². The SMILES string of the molecule is CCNc1ncc(F)c(NCc2cncs2)n1. The molecule has 90 valence electrons. The van der Waals surface area contributed by atoms with Gasteiger partial charge in [0, 0.05) is 17.6 Å². The Labute approximate surface area is 102 Å². The standard InChI is InChI=1S/C10H12FN5S/c1-2-13-10-15-5-8(11)9(16-10)14-4-7-3-12-6-17-7/h3,5-6H,2,4H2,1H3,(H2,13,14,15,16). The number of nitrogens with zero attached hydrogens (tertiary/aromatic N) is 3. The van der Waals surface area contributed by atoms with E-state index in [0.29, 0.717) is 19.0 Å². The fraction of sp³-hybridized carbons (Fsp3) is 0.300. The van der Waals surface area contributed by atoms with Gasteiger partial charge in [-0.25, -0.2) is 9.37 Å². The molecule has 2 N–H and O–H groups in total. The molecule has 0 radical (unpaired) electrons. The van der Waals surface area contributed by atoms with Crippen LogP contribution in [0.2, 0.25) is 0 Å². The Bertz CT molecular complexity index is 474. The molecule has 0 bridgehead atoms. The van der Waals surface area contributed by atoms with Gasteiger partial charge in [0.1, 0.15) is 0 Å². The van der Waals surface area contributed by atoms with E-state index in [-0.39, 0.29) is 5.82 Å². The topological polar surface area (TPSA) is 62.7 Å². The highest BCUT2D eigenvalue weighted by atomic mass is 32.1. The molecular weight excluding hydrogens is 241 g/mol. The summed E-state index contributed by atoms with van der Waals surface area (Å²) in [5.74, 6) is 0.154. The van der Waals surface area contributed by atoms with E-state index in [1.54, 1.807) is 11.7 Å². The molecule has 2 aromatic heterocycles. The van der Waals surface area contributed by atoms with Crippen LogP contribution in [0, 0.1) is 5.82 Å². The predicted octanol–water partition coefficient (Wildman–Crippen LogP) is 2.12. The molecule has 5 nitrogen and oxygen atoms in total. The average molecular weight is 253 g/mol. The smallest absolute Gasteiger partial charge is 0.224 e. The molecule has 2 aromatic rings. The summed E-state index contributed by atoms with van der Waals surface area (Å²) in [4.78, 5) is 12.8. The normalized spacial score (nSPS) is 10.2. The molecule has 0 aromatic carbocycles. The lowest BCUT2D eigenvalue weighted by atomic mass is 10.5. The summed E-state index contributed by atoms with van der Waals surface area (Å²) in [7, 11) is 0. The number of rotatable bonds is 5. The van der Waals surface area contributed by atoms with Crippen molar-refractivity contribution in [2.45, 2.75) is 13.5 Å². The van der Waals surface area contributed by atoms with E-state index in [1.807, 2.05) is 6.92 Å². The minimum atomic E-state index is -0.462. The van der Waals surface area contributed by atoms with Gasteiger partial charge in [-0.15, -0.1) is 11.3 Å². The van der Waals surface area contributed by atoms with E-state index in [4.69, 9.17) is 0 Å². The maximum Gasteiger partial charge on any atom is 0.224 e. The summed E-state index contributed by atoms with van der Waals surface area (Å²) in [5.41, 5.74) is 1.73. The fourth-order valence-corrected chi connectivity index (χ4v) is 1.77. The first-order valence-electron chi connectivity index (χ1n) is 5.17. The number of thiazole rings is 1. The third-order valence-corrected chi connectivity index (χ3v) is 2.77. The maximum absolute atomic E-state index is 13.4. The summed E-state index contributed by atoms with van der Waals surface area (Å²) in [5, 5.41) is 5.85. The minimum Gasteiger partial charge on any atom is -0.363 e. The molecule has 0 aliphatic carbocycles. The molecule has 0 saturated carbocycles.